The van der Waals surface area contributed by atoms with Gasteiger partial charge in [-0.3, -0.25) is 9.69 Å². The quantitative estimate of drug-likeness (QED) is 0.799. The number of hydrogen-bond donors (Lipinski definition) is 0. The minimum Gasteiger partial charge on any atom is -0.377 e. The number of carbonyl (C=O) groups is 1. The van der Waals surface area contributed by atoms with Crippen LogP contribution in [0.15, 0.2) is 6.07 Å². The molecule has 0 aromatic carbocycles. The number of ketones is 1. The summed E-state index contributed by atoms with van der Waals surface area (Å²) in [6, 6.07) is 1.93. The second-order valence-electron chi connectivity index (χ2n) is 4.51. The highest BCUT2D eigenvalue weighted by molar-refractivity contribution is 7.20. The van der Waals surface area contributed by atoms with Crippen LogP contribution in [-0.2, 0) is 4.74 Å². The van der Waals surface area contributed by atoms with Crippen LogP contribution >= 0.6 is 34.5 Å². The fraction of sp³-hybridized carbons (Fsp3) is 0.583. The van der Waals surface area contributed by atoms with E-state index in [1.807, 2.05) is 18.9 Å². The highest BCUT2D eigenvalue weighted by Crippen LogP contribution is 2.31. The van der Waals surface area contributed by atoms with Crippen LogP contribution in [-0.4, -0.2) is 43.0 Å². The summed E-state index contributed by atoms with van der Waals surface area (Å²) in [6.45, 7) is 3.13. The number of ether oxygens (including phenoxy) is 1. The fourth-order valence-corrected chi connectivity index (χ4v) is 3.76. The Labute approximate surface area is 121 Å². The van der Waals surface area contributed by atoms with Crippen LogP contribution in [0.2, 0.25) is 8.67 Å². The summed E-state index contributed by atoms with van der Waals surface area (Å²) >= 11 is 13.1. The average Bonchev–Trinajstić information content (AvgIpc) is 2.84. The zero-order valence-electron chi connectivity index (χ0n) is 10.3. The molecule has 1 aromatic rings. The van der Waals surface area contributed by atoms with Gasteiger partial charge in [0, 0.05) is 12.6 Å². The van der Waals surface area contributed by atoms with Crippen molar-refractivity contribution < 1.29 is 9.53 Å². The molecule has 2 unspecified atom stereocenters. The lowest BCUT2D eigenvalue weighted by Gasteiger charge is -2.25. The van der Waals surface area contributed by atoms with Crippen LogP contribution in [0.5, 0.6) is 0 Å². The van der Waals surface area contributed by atoms with Gasteiger partial charge < -0.3 is 4.74 Å². The van der Waals surface area contributed by atoms with E-state index in [1.54, 1.807) is 6.07 Å². The molecule has 100 valence electrons. The lowest BCUT2D eigenvalue weighted by atomic mass is 10.1. The summed E-state index contributed by atoms with van der Waals surface area (Å²) < 4.78 is 6.52. The van der Waals surface area contributed by atoms with Gasteiger partial charge in [0.25, 0.3) is 0 Å². The number of hydrogen-bond acceptors (Lipinski definition) is 4. The van der Waals surface area contributed by atoms with E-state index in [0.29, 0.717) is 26.8 Å². The van der Waals surface area contributed by atoms with E-state index in [1.165, 1.54) is 11.3 Å². The summed E-state index contributed by atoms with van der Waals surface area (Å²) in [5, 5.41) is 0. The molecule has 6 heteroatoms. The van der Waals surface area contributed by atoms with Crippen molar-refractivity contribution >= 4 is 40.3 Å². The van der Waals surface area contributed by atoms with Gasteiger partial charge in [0.1, 0.15) is 4.34 Å². The van der Waals surface area contributed by atoms with Crippen LogP contribution < -0.4 is 0 Å². The maximum Gasteiger partial charge on any atom is 0.179 e. The summed E-state index contributed by atoms with van der Waals surface area (Å²) in [5.74, 6) is 0.00440. The van der Waals surface area contributed by atoms with Crippen molar-refractivity contribution in [1.29, 1.82) is 0 Å². The van der Waals surface area contributed by atoms with E-state index >= 15 is 0 Å². The monoisotopic (exact) mass is 307 g/mol. The molecule has 18 heavy (non-hydrogen) atoms. The number of halogens is 2. The predicted molar refractivity (Wildman–Crippen MR) is 75.1 cm³/mol. The number of thiophene rings is 1. The van der Waals surface area contributed by atoms with E-state index in [0.717, 1.165) is 13.0 Å². The molecule has 0 amide bonds. The maximum atomic E-state index is 12.1. The van der Waals surface area contributed by atoms with Crippen LogP contribution in [0.1, 0.15) is 23.7 Å². The lowest BCUT2D eigenvalue weighted by Crippen LogP contribution is -2.39. The molecule has 1 aliphatic rings. The third-order valence-corrected chi connectivity index (χ3v) is 4.74. The molecule has 2 rings (SSSR count). The third-order valence-electron chi connectivity index (χ3n) is 3.25. The van der Waals surface area contributed by atoms with Gasteiger partial charge in [0.05, 0.1) is 22.5 Å². The van der Waals surface area contributed by atoms with Gasteiger partial charge in [-0.15, -0.1) is 11.3 Å². The molecule has 0 spiro atoms. The molecule has 1 aromatic heterocycles. The number of rotatable bonds is 4. The highest BCUT2D eigenvalue weighted by atomic mass is 35.5. The zero-order chi connectivity index (χ0) is 13.3. The Hall–Kier alpha value is -0.130. The SMILES string of the molecule is CC1OCCC1N(C)CC(=O)c1cc(Cl)sc1Cl. The van der Waals surface area contributed by atoms with Crippen LogP contribution in [0, 0.1) is 0 Å². The van der Waals surface area contributed by atoms with Gasteiger partial charge in [-0.1, -0.05) is 23.2 Å². The number of nitrogens with zero attached hydrogens (tertiary/aromatic N) is 1. The Morgan fingerprint density at radius 2 is 2.33 bits per heavy atom. The van der Waals surface area contributed by atoms with E-state index in [4.69, 9.17) is 27.9 Å². The Morgan fingerprint density at radius 3 is 2.83 bits per heavy atom. The first-order valence-electron chi connectivity index (χ1n) is 5.79. The van der Waals surface area contributed by atoms with Gasteiger partial charge >= 0.3 is 0 Å². The molecule has 0 bridgehead atoms. The Balaban J connectivity index is 2.01. The molecular weight excluding hydrogens is 293 g/mol. The maximum absolute atomic E-state index is 12.1. The van der Waals surface area contributed by atoms with Crippen molar-refractivity contribution in [2.75, 3.05) is 20.2 Å². The molecule has 1 aliphatic heterocycles. The molecule has 3 nitrogen and oxygen atoms in total. The molecule has 1 saturated heterocycles. The number of Topliss-reactive ketones (excluding diaryl/α,β-unsaturated/α-hetero) is 1. The standard InChI is InChI=1S/C12H15Cl2NO2S/c1-7-9(3-4-17-7)15(2)6-10(16)8-5-11(13)18-12(8)14/h5,7,9H,3-4,6H2,1-2H3. The fourth-order valence-electron chi connectivity index (χ4n) is 2.26. The zero-order valence-corrected chi connectivity index (χ0v) is 12.6. The topological polar surface area (TPSA) is 29.5 Å². The molecule has 0 radical (unpaired) electrons. The molecule has 2 heterocycles. The summed E-state index contributed by atoms with van der Waals surface area (Å²) in [6.07, 6.45) is 1.13. The van der Waals surface area contributed by atoms with E-state index in [2.05, 4.69) is 0 Å². The third kappa shape index (κ3) is 3.06. The van der Waals surface area contributed by atoms with Gasteiger partial charge in [-0.2, -0.15) is 0 Å². The molecule has 1 fully saturated rings. The van der Waals surface area contributed by atoms with Crippen molar-refractivity contribution in [2.45, 2.75) is 25.5 Å². The smallest absolute Gasteiger partial charge is 0.179 e. The first-order chi connectivity index (χ1) is 8.49. The first kappa shape index (κ1) is 14.3. The van der Waals surface area contributed by atoms with E-state index in [-0.39, 0.29) is 11.9 Å². The van der Waals surface area contributed by atoms with Gasteiger partial charge in [-0.25, -0.2) is 0 Å². The normalized spacial score (nSPS) is 23.8. The van der Waals surface area contributed by atoms with Gasteiger partial charge in [0.15, 0.2) is 5.78 Å². The molecule has 2 atom stereocenters. The second kappa shape index (κ2) is 5.88. The number of likely N-dealkylation sites (N-methyl/N-ethyl adjacent to an activating group) is 1. The molecular formula is C12H15Cl2NO2S. The second-order valence-corrected chi connectivity index (χ2v) is 6.79. The van der Waals surface area contributed by atoms with Crippen molar-refractivity contribution in [2.24, 2.45) is 0 Å². The highest BCUT2D eigenvalue weighted by Gasteiger charge is 2.29. The summed E-state index contributed by atoms with van der Waals surface area (Å²) in [7, 11) is 1.94. The van der Waals surface area contributed by atoms with Crippen LogP contribution in [0.4, 0.5) is 0 Å². The van der Waals surface area contributed by atoms with Gasteiger partial charge in [0.2, 0.25) is 0 Å². The summed E-state index contributed by atoms with van der Waals surface area (Å²) in [4.78, 5) is 14.2. The lowest BCUT2D eigenvalue weighted by molar-refractivity contribution is 0.0746. The van der Waals surface area contributed by atoms with E-state index in [9.17, 15) is 4.79 Å². The largest absolute Gasteiger partial charge is 0.377 e. The van der Waals surface area contributed by atoms with Crippen molar-refractivity contribution in [3.8, 4) is 0 Å². The van der Waals surface area contributed by atoms with Crippen molar-refractivity contribution in [3.05, 3.63) is 20.3 Å². The summed E-state index contributed by atoms with van der Waals surface area (Å²) in [5.41, 5.74) is 0.519. The molecule has 0 N–H and O–H groups in total. The minimum absolute atomic E-state index is 0.00440. The average molecular weight is 308 g/mol. The molecule has 0 saturated carbocycles. The van der Waals surface area contributed by atoms with Crippen molar-refractivity contribution in [3.63, 3.8) is 0 Å². The first-order valence-corrected chi connectivity index (χ1v) is 7.36. The molecule has 0 aliphatic carbocycles. The van der Waals surface area contributed by atoms with Crippen molar-refractivity contribution in [1.82, 2.24) is 4.90 Å². The predicted octanol–water partition coefficient (Wildman–Crippen LogP) is 3.35. The van der Waals surface area contributed by atoms with Crippen LogP contribution in [0.25, 0.3) is 0 Å². The Morgan fingerprint density at radius 1 is 1.61 bits per heavy atom. The van der Waals surface area contributed by atoms with Gasteiger partial charge in [-0.05, 0) is 26.5 Å². The minimum atomic E-state index is 0.00440. The van der Waals surface area contributed by atoms with Crippen LogP contribution in [0.3, 0.4) is 0 Å². The Bertz CT molecular complexity index is 449. The van der Waals surface area contributed by atoms with E-state index < -0.39 is 0 Å². The Kier molecular flexibility index (Phi) is 4.67. The number of carbonyl (C=O) groups excluding carboxylic acids is 1.